The van der Waals surface area contributed by atoms with Gasteiger partial charge in [0.1, 0.15) is 5.01 Å². The van der Waals surface area contributed by atoms with Gasteiger partial charge in [0.2, 0.25) is 0 Å². The van der Waals surface area contributed by atoms with Crippen LogP contribution in [0.4, 0.5) is 0 Å². The number of thiocarbonyl (C=S) groups is 1. The molecule has 2 aromatic rings. The van der Waals surface area contributed by atoms with E-state index in [1.165, 1.54) is 16.0 Å². The number of thiazole rings is 1. The molecule has 1 aromatic carbocycles. The highest BCUT2D eigenvalue weighted by Crippen LogP contribution is 2.29. The summed E-state index contributed by atoms with van der Waals surface area (Å²) in [4.78, 5) is 6.34. The lowest BCUT2D eigenvalue weighted by atomic mass is 10.1. The molecule has 0 spiro atoms. The molecule has 17 heavy (non-hydrogen) atoms. The van der Waals surface area contributed by atoms with E-state index in [0.29, 0.717) is 11.4 Å². The van der Waals surface area contributed by atoms with Crippen molar-refractivity contribution in [2.45, 2.75) is 20.3 Å². The number of aromatic nitrogens is 1. The molecule has 0 radical (unpaired) electrons. The SMILES string of the molecule is Cc1ccccc1-c1nc(CC(N)=S)sc1C. The van der Waals surface area contributed by atoms with Crippen LogP contribution in [-0.4, -0.2) is 9.97 Å². The largest absolute Gasteiger partial charge is 0.393 e. The average molecular weight is 262 g/mol. The van der Waals surface area contributed by atoms with Crippen molar-refractivity contribution in [2.75, 3.05) is 0 Å². The van der Waals surface area contributed by atoms with Crippen LogP contribution < -0.4 is 5.73 Å². The standard InChI is InChI=1S/C13H14N2S2/c1-8-5-3-4-6-10(8)13-9(2)17-12(15-13)7-11(14)16/h3-6H,7H2,1-2H3,(H2,14,16). The van der Waals surface area contributed by atoms with Crippen molar-refractivity contribution in [3.63, 3.8) is 0 Å². The van der Waals surface area contributed by atoms with Crippen LogP contribution >= 0.6 is 23.6 Å². The van der Waals surface area contributed by atoms with E-state index in [1.54, 1.807) is 11.3 Å². The average Bonchev–Trinajstić information content (AvgIpc) is 2.59. The fourth-order valence-electron chi connectivity index (χ4n) is 1.76. The zero-order valence-corrected chi connectivity index (χ0v) is 11.5. The molecule has 2 nitrogen and oxygen atoms in total. The predicted molar refractivity (Wildman–Crippen MR) is 77.5 cm³/mol. The maximum atomic E-state index is 5.55. The molecular formula is C13H14N2S2. The van der Waals surface area contributed by atoms with Gasteiger partial charge in [-0.2, -0.15) is 0 Å². The summed E-state index contributed by atoms with van der Waals surface area (Å²) in [7, 11) is 0. The molecule has 0 aliphatic carbocycles. The summed E-state index contributed by atoms with van der Waals surface area (Å²) in [6, 6.07) is 8.27. The van der Waals surface area contributed by atoms with Crippen molar-refractivity contribution >= 4 is 28.5 Å². The van der Waals surface area contributed by atoms with Crippen LogP contribution in [0.3, 0.4) is 0 Å². The maximum Gasteiger partial charge on any atom is 0.100 e. The van der Waals surface area contributed by atoms with E-state index in [4.69, 9.17) is 18.0 Å². The number of benzene rings is 1. The molecule has 0 saturated heterocycles. The normalized spacial score (nSPS) is 10.5. The molecule has 2 rings (SSSR count). The monoisotopic (exact) mass is 262 g/mol. The number of hydrogen-bond donors (Lipinski definition) is 1. The van der Waals surface area contributed by atoms with Gasteiger partial charge >= 0.3 is 0 Å². The summed E-state index contributed by atoms with van der Waals surface area (Å²) < 4.78 is 0. The lowest BCUT2D eigenvalue weighted by molar-refractivity contribution is 1.22. The molecule has 0 unspecified atom stereocenters. The van der Waals surface area contributed by atoms with Crippen molar-refractivity contribution in [3.8, 4) is 11.3 Å². The highest BCUT2D eigenvalue weighted by atomic mass is 32.1. The van der Waals surface area contributed by atoms with E-state index in [-0.39, 0.29) is 0 Å². The Morgan fingerprint density at radius 1 is 1.35 bits per heavy atom. The zero-order chi connectivity index (χ0) is 12.4. The van der Waals surface area contributed by atoms with Crippen LogP contribution in [-0.2, 0) is 6.42 Å². The molecule has 1 aromatic heterocycles. The fourth-order valence-corrected chi connectivity index (χ4v) is 2.96. The molecule has 88 valence electrons. The number of rotatable bonds is 3. The van der Waals surface area contributed by atoms with Crippen molar-refractivity contribution in [1.82, 2.24) is 4.98 Å². The molecule has 0 bridgehead atoms. The molecule has 0 fully saturated rings. The Balaban J connectivity index is 2.43. The Labute approximate surface area is 111 Å². The summed E-state index contributed by atoms with van der Waals surface area (Å²) in [5.41, 5.74) is 9.03. The van der Waals surface area contributed by atoms with E-state index in [2.05, 4.69) is 31.0 Å². The van der Waals surface area contributed by atoms with Crippen LogP contribution in [0.2, 0.25) is 0 Å². The van der Waals surface area contributed by atoms with Gasteiger partial charge in [0.25, 0.3) is 0 Å². The molecule has 2 N–H and O–H groups in total. The molecule has 0 atom stereocenters. The van der Waals surface area contributed by atoms with Crippen molar-refractivity contribution in [1.29, 1.82) is 0 Å². The Kier molecular flexibility index (Phi) is 3.54. The first kappa shape index (κ1) is 12.2. The number of nitrogens with two attached hydrogens (primary N) is 1. The van der Waals surface area contributed by atoms with E-state index >= 15 is 0 Å². The highest BCUT2D eigenvalue weighted by molar-refractivity contribution is 7.80. The van der Waals surface area contributed by atoms with Crippen LogP contribution in [0, 0.1) is 13.8 Å². The molecule has 1 heterocycles. The van der Waals surface area contributed by atoms with Crippen molar-refractivity contribution < 1.29 is 0 Å². The number of nitrogens with zero attached hydrogens (tertiary/aromatic N) is 1. The van der Waals surface area contributed by atoms with E-state index in [1.807, 2.05) is 12.1 Å². The van der Waals surface area contributed by atoms with Gasteiger partial charge in [-0.05, 0) is 19.4 Å². The van der Waals surface area contributed by atoms with Gasteiger partial charge in [-0.15, -0.1) is 11.3 Å². The van der Waals surface area contributed by atoms with Crippen LogP contribution in [0.25, 0.3) is 11.3 Å². The van der Waals surface area contributed by atoms with E-state index < -0.39 is 0 Å². The summed E-state index contributed by atoms with van der Waals surface area (Å²) in [5.74, 6) is 0. The van der Waals surface area contributed by atoms with Crippen molar-refractivity contribution in [3.05, 3.63) is 39.7 Å². The van der Waals surface area contributed by atoms with Crippen LogP contribution in [0.5, 0.6) is 0 Å². The number of aryl methyl sites for hydroxylation is 2. The van der Waals surface area contributed by atoms with Gasteiger partial charge in [-0.1, -0.05) is 36.5 Å². The first-order valence-electron chi connectivity index (χ1n) is 5.38. The summed E-state index contributed by atoms with van der Waals surface area (Å²) in [5, 5.41) is 0.994. The third-order valence-corrected chi connectivity index (χ3v) is 3.68. The lowest BCUT2D eigenvalue weighted by Gasteiger charge is -2.02. The maximum absolute atomic E-state index is 5.55. The zero-order valence-electron chi connectivity index (χ0n) is 9.86. The van der Waals surface area contributed by atoms with Crippen LogP contribution in [0.1, 0.15) is 15.4 Å². The summed E-state index contributed by atoms with van der Waals surface area (Å²) in [6.45, 7) is 4.18. The second kappa shape index (κ2) is 4.94. The Morgan fingerprint density at radius 2 is 2.06 bits per heavy atom. The minimum atomic E-state index is 0.495. The molecule has 0 amide bonds. The van der Waals surface area contributed by atoms with E-state index in [0.717, 1.165) is 10.7 Å². The Bertz CT molecular complexity index is 558. The first-order chi connectivity index (χ1) is 8.08. The van der Waals surface area contributed by atoms with Gasteiger partial charge in [-0.25, -0.2) is 4.98 Å². The minimum Gasteiger partial charge on any atom is -0.393 e. The smallest absolute Gasteiger partial charge is 0.100 e. The third kappa shape index (κ3) is 2.70. The highest BCUT2D eigenvalue weighted by Gasteiger charge is 2.11. The van der Waals surface area contributed by atoms with Gasteiger partial charge in [0.15, 0.2) is 0 Å². The minimum absolute atomic E-state index is 0.495. The predicted octanol–water partition coefficient (Wildman–Crippen LogP) is 3.26. The first-order valence-corrected chi connectivity index (χ1v) is 6.61. The second-order valence-corrected chi connectivity index (χ2v) is 5.78. The number of hydrogen-bond acceptors (Lipinski definition) is 3. The Morgan fingerprint density at radius 3 is 2.71 bits per heavy atom. The topological polar surface area (TPSA) is 38.9 Å². The van der Waals surface area contributed by atoms with Gasteiger partial charge in [0.05, 0.1) is 10.7 Å². The molecular weight excluding hydrogens is 248 g/mol. The third-order valence-electron chi connectivity index (χ3n) is 2.57. The molecule has 0 aliphatic rings. The Hall–Kier alpha value is -1.26. The molecule has 4 heteroatoms. The fraction of sp³-hybridized carbons (Fsp3) is 0.231. The van der Waals surface area contributed by atoms with Gasteiger partial charge in [-0.3, -0.25) is 0 Å². The quantitative estimate of drug-likeness (QED) is 0.863. The molecule has 0 saturated carbocycles. The van der Waals surface area contributed by atoms with E-state index in [9.17, 15) is 0 Å². The van der Waals surface area contributed by atoms with Gasteiger partial charge in [0, 0.05) is 16.9 Å². The summed E-state index contributed by atoms with van der Waals surface area (Å²) in [6.07, 6.45) is 0.590. The summed E-state index contributed by atoms with van der Waals surface area (Å²) >= 11 is 6.58. The molecule has 0 aliphatic heterocycles. The second-order valence-electron chi connectivity index (χ2n) is 3.97. The lowest BCUT2D eigenvalue weighted by Crippen LogP contribution is -2.10. The van der Waals surface area contributed by atoms with Gasteiger partial charge < -0.3 is 5.73 Å². The van der Waals surface area contributed by atoms with Crippen molar-refractivity contribution in [2.24, 2.45) is 5.73 Å². The van der Waals surface area contributed by atoms with Crippen LogP contribution in [0.15, 0.2) is 24.3 Å².